The minimum atomic E-state index is 0.496. The van der Waals surface area contributed by atoms with Crippen molar-refractivity contribution in [2.75, 3.05) is 12.4 Å². The first kappa shape index (κ1) is 28.4. The minimum absolute atomic E-state index is 0.496. The summed E-state index contributed by atoms with van der Waals surface area (Å²) in [5, 5.41) is 2.88. The van der Waals surface area contributed by atoms with Crippen LogP contribution in [0.3, 0.4) is 0 Å². The number of nitrogens with one attached hydrogen (secondary N) is 1. The van der Waals surface area contributed by atoms with Crippen LogP contribution >= 0.6 is 0 Å². The number of rotatable bonds is 2. The number of oxazole rings is 1. The molecule has 0 radical (unpaired) electrons. The monoisotopic (exact) mass is 402 g/mol. The van der Waals surface area contributed by atoms with Gasteiger partial charge in [-0.05, 0) is 31.9 Å². The molecule has 0 saturated heterocycles. The molecule has 3 aromatic heterocycles. The molecule has 7 nitrogen and oxygen atoms in total. The molecule has 3 heterocycles. The maximum atomic E-state index is 4.72. The van der Waals surface area contributed by atoms with Crippen LogP contribution in [0.2, 0.25) is 0 Å². The lowest BCUT2D eigenvalue weighted by molar-refractivity contribution is 0.521. The molecule has 3 aromatic rings. The lowest BCUT2D eigenvalue weighted by Crippen LogP contribution is -1.98. The van der Waals surface area contributed by atoms with Gasteiger partial charge in [0, 0.05) is 31.6 Å². The van der Waals surface area contributed by atoms with Gasteiger partial charge in [0.2, 0.25) is 0 Å². The Morgan fingerprint density at radius 1 is 0.931 bits per heavy atom. The molecule has 0 aliphatic carbocycles. The first-order chi connectivity index (χ1) is 13.9. The molecule has 0 atom stereocenters. The Morgan fingerprint density at radius 3 is 1.90 bits per heavy atom. The summed E-state index contributed by atoms with van der Waals surface area (Å²) in [6, 6.07) is 3.84. The second-order valence-corrected chi connectivity index (χ2v) is 5.53. The third kappa shape index (κ3) is 14.8. The van der Waals surface area contributed by atoms with Crippen molar-refractivity contribution in [3.8, 4) is 0 Å². The average Bonchev–Trinajstić information content (AvgIpc) is 3.23. The van der Waals surface area contributed by atoms with Gasteiger partial charge in [0.1, 0.15) is 24.2 Å². The van der Waals surface area contributed by atoms with E-state index in [-0.39, 0.29) is 0 Å². The van der Waals surface area contributed by atoms with Gasteiger partial charge < -0.3 is 9.73 Å². The van der Waals surface area contributed by atoms with E-state index < -0.39 is 0 Å². The molecule has 7 heteroatoms. The summed E-state index contributed by atoms with van der Waals surface area (Å²) in [6.07, 6.45) is 6.37. The predicted octanol–water partition coefficient (Wildman–Crippen LogP) is 5.77. The zero-order chi connectivity index (χ0) is 22.7. The van der Waals surface area contributed by atoms with Gasteiger partial charge in [-0.2, -0.15) is 0 Å². The van der Waals surface area contributed by atoms with Crippen molar-refractivity contribution in [2.45, 2.75) is 68.2 Å². The molecule has 0 aliphatic heterocycles. The molecule has 0 spiro atoms. The molecule has 3 rings (SSSR count). The largest absolute Gasteiger partial charge is 0.449 e. The summed E-state index contributed by atoms with van der Waals surface area (Å²) in [7, 11) is 1.82. The molecule has 0 aromatic carbocycles. The predicted molar refractivity (Wildman–Crippen MR) is 121 cm³/mol. The number of hydrogen-bond acceptors (Lipinski definition) is 7. The van der Waals surface area contributed by atoms with Crippen LogP contribution in [-0.4, -0.2) is 32.0 Å². The highest BCUT2D eigenvalue weighted by atomic mass is 16.3. The maximum Gasteiger partial charge on any atom is 0.190 e. The molecule has 1 N–H and O–H groups in total. The standard InChI is InChI=1S/C9H14N2.C5H7N3.C4H5NO.2C2H6/c1-6(2)9-5-7(3)10-8(4)11-9;1-6-5-2-3-7-4-8-5;1-4-5-2-3-6-4;2*1-2/h5-6H,1-4H3;2-4H,1H3,(H,6,7,8);2-3H,1H3;2*1-2H3. The van der Waals surface area contributed by atoms with Crippen molar-refractivity contribution < 1.29 is 4.42 Å². The van der Waals surface area contributed by atoms with Gasteiger partial charge in [-0.15, -0.1) is 0 Å². The van der Waals surface area contributed by atoms with Gasteiger partial charge in [0.15, 0.2) is 5.89 Å². The minimum Gasteiger partial charge on any atom is -0.449 e. The molecular weight excluding hydrogens is 364 g/mol. The molecule has 0 saturated carbocycles. The van der Waals surface area contributed by atoms with E-state index in [1.807, 2.05) is 54.7 Å². The van der Waals surface area contributed by atoms with Gasteiger partial charge in [-0.1, -0.05) is 41.5 Å². The van der Waals surface area contributed by atoms with Crippen molar-refractivity contribution >= 4 is 5.82 Å². The summed E-state index contributed by atoms with van der Waals surface area (Å²) >= 11 is 0. The quantitative estimate of drug-likeness (QED) is 0.582. The Bertz CT molecular complexity index is 695. The Balaban J connectivity index is 0. The van der Waals surface area contributed by atoms with Crippen LogP contribution in [0.25, 0.3) is 0 Å². The molecule has 162 valence electrons. The van der Waals surface area contributed by atoms with Crippen LogP contribution in [0.4, 0.5) is 5.82 Å². The van der Waals surface area contributed by atoms with E-state index in [2.05, 4.69) is 44.1 Å². The zero-order valence-electron chi connectivity index (χ0n) is 19.7. The van der Waals surface area contributed by atoms with Gasteiger partial charge in [0.25, 0.3) is 0 Å². The maximum absolute atomic E-state index is 4.72. The Morgan fingerprint density at radius 2 is 1.59 bits per heavy atom. The smallest absolute Gasteiger partial charge is 0.190 e. The van der Waals surface area contributed by atoms with E-state index in [1.165, 1.54) is 6.33 Å². The van der Waals surface area contributed by atoms with Crippen molar-refractivity contribution in [1.82, 2.24) is 24.9 Å². The summed E-state index contributed by atoms with van der Waals surface area (Å²) < 4.78 is 4.72. The second kappa shape index (κ2) is 18.5. The molecule has 0 aliphatic rings. The van der Waals surface area contributed by atoms with Crippen LogP contribution < -0.4 is 5.32 Å². The highest BCUT2D eigenvalue weighted by Crippen LogP contribution is 2.11. The lowest BCUT2D eigenvalue weighted by Gasteiger charge is -2.05. The normalized spacial score (nSPS) is 8.66. The molecule has 29 heavy (non-hydrogen) atoms. The number of aromatic nitrogens is 5. The Kier molecular flexibility index (Phi) is 18.1. The number of hydrogen-bond donors (Lipinski definition) is 1. The SMILES string of the molecule is CC.CC.CNc1ccncn1.Cc1cc(C(C)C)nc(C)n1.Cc1ncco1. The molecule has 0 unspecified atom stereocenters. The Hall–Kier alpha value is -2.83. The van der Waals surface area contributed by atoms with E-state index in [1.54, 1.807) is 31.6 Å². The van der Waals surface area contributed by atoms with E-state index in [4.69, 9.17) is 4.42 Å². The van der Waals surface area contributed by atoms with Crippen molar-refractivity contribution in [2.24, 2.45) is 0 Å². The van der Waals surface area contributed by atoms with Crippen LogP contribution in [0, 0.1) is 20.8 Å². The lowest BCUT2D eigenvalue weighted by atomic mass is 10.1. The van der Waals surface area contributed by atoms with Crippen molar-refractivity contribution in [3.63, 3.8) is 0 Å². The van der Waals surface area contributed by atoms with E-state index in [0.717, 1.165) is 28.9 Å². The van der Waals surface area contributed by atoms with Gasteiger partial charge in [-0.25, -0.2) is 24.9 Å². The zero-order valence-corrected chi connectivity index (χ0v) is 19.7. The highest BCUT2D eigenvalue weighted by Gasteiger charge is 2.01. The molecular formula is C22H38N6O. The fraction of sp³-hybridized carbons (Fsp3) is 0.500. The Labute approximate surface area is 176 Å². The van der Waals surface area contributed by atoms with Crippen LogP contribution in [0.1, 0.15) is 70.6 Å². The molecule has 0 bridgehead atoms. The molecule has 0 fully saturated rings. The average molecular weight is 403 g/mol. The number of anilines is 1. The summed E-state index contributed by atoms with van der Waals surface area (Å²) in [5.74, 6) is 2.93. The van der Waals surface area contributed by atoms with Crippen LogP contribution in [0.15, 0.2) is 41.5 Å². The van der Waals surface area contributed by atoms with E-state index in [0.29, 0.717) is 5.92 Å². The topological polar surface area (TPSA) is 89.6 Å². The van der Waals surface area contributed by atoms with Crippen molar-refractivity contribution in [1.29, 1.82) is 0 Å². The van der Waals surface area contributed by atoms with Gasteiger partial charge in [0.05, 0.1) is 6.20 Å². The fourth-order valence-corrected chi connectivity index (χ4v) is 1.77. The van der Waals surface area contributed by atoms with Gasteiger partial charge in [-0.3, -0.25) is 0 Å². The highest BCUT2D eigenvalue weighted by molar-refractivity contribution is 5.29. The first-order valence-corrected chi connectivity index (χ1v) is 10.0. The third-order valence-corrected chi connectivity index (χ3v) is 2.97. The second-order valence-electron chi connectivity index (χ2n) is 5.53. The van der Waals surface area contributed by atoms with Crippen LogP contribution in [0.5, 0.6) is 0 Å². The van der Waals surface area contributed by atoms with Gasteiger partial charge >= 0.3 is 0 Å². The van der Waals surface area contributed by atoms with E-state index in [9.17, 15) is 0 Å². The summed E-state index contributed by atoms with van der Waals surface area (Å²) in [5.41, 5.74) is 2.19. The summed E-state index contributed by atoms with van der Waals surface area (Å²) in [6.45, 7) is 18.0. The number of aryl methyl sites for hydroxylation is 3. The van der Waals surface area contributed by atoms with E-state index >= 15 is 0 Å². The first-order valence-electron chi connectivity index (χ1n) is 10.0. The summed E-state index contributed by atoms with van der Waals surface area (Å²) in [4.78, 5) is 19.9. The third-order valence-electron chi connectivity index (χ3n) is 2.97. The number of nitrogens with zero attached hydrogens (tertiary/aromatic N) is 5. The fourth-order valence-electron chi connectivity index (χ4n) is 1.77. The van der Waals surface area contributed by atoms with Crippen LogP contribution in [-0.2, 0) is 0 Å². The molecule has 0 amide bonds. The van der Waals surface area contributed by atoms with Crippen molar-refractivity contribution in [3.05, 3.63) is 60.2 Å².